The molecule has 0 bridgehead atoms. The fraction of sp³-hybridized carbons (Fsp3) is 0.368. The van der Waals surface area contributed by atoms with Crippen LogP contribution in [0.2, 0.25) is 5.02 Å². The highest BCUT2D eigenvalue weighted by atomic mass is 35.5. The molecule has 5 nitrogen and oxygen atoms in total. The van der Waals surface area contributed by atoms with Crippen molar-refractivity contribution in [3.05, 3.63) is 41.7 Å². The topological polar surface area (TPSA) is 56.8 Å². The minimum Gasteiger partial charge on any atom is -0.360 e. The van der Waals surface area contributed by atoms with Crippen molar-refractivity contribution in [1.29, 1.82) is 0 Å². The van der Waals surface area contributed by atoms with Gasteiger partial charge in [-0.2, -0.15) is 0 Å². The molecule has 1 aliphatic heterocycles. The quantitative estimate of drug-likeness (QED) is 0.741. The van der Waals surface area contributed by atoms with E-state index in [4.69, 9.17) is 11.6 Å². The highest BCUT2D eigenvalue weighted by molar-refractivity contribution is 6.33. The highest BCUT2D eigenvalue weighted by Gasteiger charge is 2.18. The fourth-order valence-electron chi connectivity index (χ4n) is 3.58. The van der Waals surface area contributed by atoms with Gasteiger partial charge in [-0.1, -0.05) is 29.8 Å². The number of benzene rings is 1. The van der Waals surface area contributed by atoms with Crippen molar-refractivity contribution < 1.29 is 0 Å². The number of fused-ring (bicyclic) bond motifs is 1. The van der Waals surface area contributed by atoms with Crippen molar-refractivity contribution in [2.24, 2.45) is 5.92 Å². The van der Waals surface area contributed by atoms with Crippen LogP contribution in [0.25, 0.3) is 22.2 Å². The summed E-state index contributed by atoms with van der Waals surface area (Å²) in [6.07, 6.45) is 6.14. The Hall–Kier alpha value is -2.11. The van der Waals surface area contributed by atoms with Crippen molar-refractivity contribution in [1.82, 2.24) is 19.9 Å². The molecule has 2 N–H and O–H groups in total. The number of aromatic amines is 1. The lowest BCUT2D eigenvalue weighted by atomic mass is 9.99. The van der Waals surface area contributed by atoms with Crippen LogP contribution < -0.4 is 5.32 Å². The normalized spacial score (nSPS) is 18.6. The summed E-state index contributed by atoms with van der Waals surface area (Å²) in [5.74, 6) is 1.27. The minimum absolute atomic E-state index is 0.563. The lowest BCUT2D eigenvalue weighted by Gasteiger charge is -2.29. The fourth-order valence-corrected chi connectivity index (χ4v) is 3.78. The second-order valence-corrected chi connectivity index (χ2v) is 7.20. The zero-order valence-electron chi connectivity index (χ0n) is 14.3. The van der Waals surface area contributed by atoms with E-state index >= 15 is 0 Å². The predicted molar refractivity (Wildman–Crippen MR) is 103 cm³/mol. The summed E-state index contributed by atoms with van der Waals surface area (Å²) in [7, 11) is 2.18. The maximum absolute atomic E-state index is 6.38. The van der Waals surface area contributed by atoms with E-state index in [0.717, 1.165) is 35.2 Å². The number of likely N-dealkylation sites (tertiary alicyclic amines) is 1. The zero-order valence-corrected chi connectivity index (χ0v) is 15.1. The van der Waals surface area contributed by atoms with Gasteiger partial charge in [-0.25, -0.2) is 9.97 Å². The lowest BCUT2D eigenvalue weighted by Crippen LogP contribution is -2.35. The Morgan fingerprint density at radius 3 is 3.12 bits per heavy atom. The highest BCUT2D eigenvalue weighted by Crippen LogP contribution is 2.32. The maximum Gasteiger partial charge on any atom is 0.223 e. The Bertz CT molecular complexity index is 875. The molecule has 4 rings (SSSR count). The Kier molecular flexibility index (Phi) is 4.59. The van der Waals surface area contributed by atoms with Gasteiger partial charge in [-0.3, -0.25) is 0 Å². The zero-order chi connectivity index (χ0) is 17.2. The van der Waals surface area contributed by atoms with Crippen molar-refractivity contribution in [3.63, 3.8) is 0 Å². The van der Waals surface area contributed by atoms with Gasteiger partial charge in [0.15, 0.2) is 0 Å². The van der Waals surface area contributed by atoms with E-state index in [1.165, 1.54) is 19.4 Å². The van der Waals surface area contributed by atoms with E-state index in [-0.39, 0.29) is 0 Å². The van der Waals surface area contributed by atoms with Crippen LogP contribution in [0.3, 0.4) is 0 Å². The van der Waals surface area contributed by atoms with E-state index < -0.39 is 0 Å². The second-order valence-electron chi connectivity index (χ2n) is 6.79. The molecule has 0 aliphatic carbocycles. The van der Waals surface area contributed by atoms with E-state index in [1.54, 1.807) is 6.20 Å². The van der Waals surface area contributed by atoms with Gasteiger partial charge in [0.1, 0.15) is 0 Å². The summed E-state index contributed by atoms with van der Waals surface area (Å²) < 4.78 is 0. The molecule has 1 aliphatic rings. The molecule has 3 heterocycles. The molecule has 25 heavy (non-hydrogen) atoms. The van der Waals surface area contributed by atoms with Crippen molar-refractivity contribution in [3.8, 4) is 11.3 Å². The first-order valence-electron chi connectivity index (χ1n) is 8.72. The molecule has 2 aromatic heterocycles. The van der Waals surface area contributed by atoms with Crippen molar-refractivity contribution in [2.75, 3.05) is 32.0 Å². The number of hydrogen-bond acceptors (Lipinski definition) is 4. The third kappa shape index (κ3) is 3.48. The van der Waals surface area contributed by atoms with Gasteiger partial charge in [0.25, 0.3) is 0 Å². The SMILES string of the molecule is CN1CCCC(CNc2ncc(Cl)c(-c3c[nH]c4ccccc34)n2)C1. The number of halogens is 1. The molecule has 1 unspecified atom stereocenters. The predicted octanol–water partition coefficient (Wildman–Crippen LogP) is 4.03. The molecule has 6 heteroatoms. The van der Waals surface area contributed by atoms with Gasteiger partial charge in [0, 0.05) is 35.8 Å². The molecule has 0 saturated carbocycles. The summed E-state index contributed by atoms with van der Waals surface area (Å²) >= 11 is 6.38. The van der Waals surface area contributed by atoms with Crippen LogP contribution in [-0.2, 0) is 0 Å². The molecule has 0 spiro atoms. The Labute approximate surface area is 152 Å². The molecule has 1 fully saturated rings. The van der Waals surface area contributed by atoms with Gasteiger partial charge >= 0.3 is 0 Å². The van der Waals surface area contributed by atoms with Gasteiger partial charge in [-0.15, -0.1) is 0 Å². The van der Waals surface area contributed by atoms with Crippen LogP contribution in [0, 0.1) is 5.92 Å². The maximum atomic E-state index is 6.38. The van der Waals surface area contributed by atoms with Crippen molar-refractivity contribution >= 4 is 28.5 Å². The molecule has 0 amide bonds. The largest absolute Gasteiger partial charge is 0.360 e. The van der Waals surface area contributed by atoms with Crippen LogP contribution in [0.1, 0.15) is 12.8 Å². The van der Waals surface area contributed by atoms with Crippen LogP contribution in [0.5, 0.6) is 0 Å². The molecular formula is C19H22ClN5. The summed E-state index contributed by atoms with van der Waals surface area (Å²) in [4.78, 5) is 14.7. The summed E-state index contributed by atoms with van der Waals surface area (Å²) in [5.41, 5.74) is 2.84. The van der Waals surface area contributed by atoms with Crippen molar-refractivity contribution in [2.45, 2.75) is 12.8 Å². The number of nitrogens with zero attached hydrogens (tertiary/aromatic N) is 3. The number of anilines is 1. The van der Waals surface area contributed by atoms with E-state index in [0.29, 0.717) is 16.9 Å². The first-order chi connectivity index (χ1) is 12.2. The minimum atomic E-state index is 0.563. The van der Waals surface area contributed by atoms with Crippen LogP contribution in [0.4, 0.5) is 5.95 Å². The van der Waals surface area contributed by atoms with Gasteiger partial charge in [0.05, 0.1) is 16.9 Å². The number of aromatic nitrogens is 3. The molecule has 1 saturated heterocycles. The molecule has 130 valence electrons. The Morgan fingerprint density at radius 1 is 1.36 bits per heavy atom. The number of rotatable bonds is 4. The summed E-state index contributed by atoms with van der Waals surface area (Å²) in [6.45, 7) is 3.20. The average molecular weight is 356 g/mol. The van der Waals surface area contributed by atoms with E-state index in [2.05, 4.69) is 38.3 Å². The third-order valence-corrected chi connectivity index (χ3v) is 5.14. The number of H-pyrrole nitrogens is 1. The standard InChI is InChI=1S/C19H22ClN5/c1-25-8-4-5-13(12-25)9-22-19-23-11-16(20)18(24-19)15-10-21-17-7-3-2-6-14(15)17/h2-3,6-7,10-11,13,21H,4-5,8-9,12H2,1H3,(H,22,23,24). The molecule has 0 radical (unpaired) electrons. The van der Waals surface area contributed by atoms with Crippen LogP contribution in [-0.4, -0.2) is 46.5 Å². The molecule has 1 aromatic carbocycles. The number of hydrogen-bond donors (Lipinski definition) is 2. The summed E-state index contributed by atoms with van der Waals surface area (Å²) in [5, 5.41) is 5.07. The van der Waals surface area contributed by atoms with E-state index in [9.17, 15) is 0 Å². The lowest BCUT2D eigenvalue weighted by molar-refractivity contribution is 0.217. The smallest absolute Gasteiger partial charge is 0.223 e. The molecule has 3 aromatic rings. The first kappa shape index (κ1) is 16.4. The van der Waals surface area contributed by atoms with Gasteiger partial charge in [-0.05, 0) is 38.4 Å². The molecule has 1 atom stereocenters. The summed E-state index contributed by atoms with van der Waals surface area (Å²) in [6, 6.07) is 8.16. The third-order valence-electron chi connectivity index (χ3n) is 4.86. The average Bonchev–Trinajstić information content (AvgIpc) is 3.05. The van der Waals surface area contributed by atoms with E-state index in [1.807, 2.05) is 24.4 Å². The second kappa shape index (κ2) is 7.02. The first-order valence-corrected chi connectivity index (χ1v) is 9.10. The number of piperidine rings is 1. The Balaban J connectivity index is 1.56. The number of para-hydroxylation sites is 1. The number of nitrogens with one attached hydrogen (secondary N) is 2. The van der Waals surface area contributed by atoms with Crippen LogP contribution in [0.15, 0.2) is 36.7 Å². The van der Waals surface area contributed by atoms with Crippen LogP contribution >= 0.6 is 11.6 Å². The molecular weight excluding hydrogens is 334 g/mol. The monoisotopic (exact) mass is 355 g/mol. The Morgan fingerprint density at radius 2 is 2.24 bits per heavy atom. The van der Waals surface area contributed by atoms with Gasteiger partial charge < -0.3 is 15.2 Å². The van der Waals surface area contributed by atoms with Gasteiger partial charge in [0.2, 0.25) is 5.95 Å².